The average Bonchev–Trinajstić information content (AvgIpc) is 3.20. The van der Waals surface area contributed by atoms with Crippen molar-refractivity contribution in [3.05, 3.63) is 48.6 Å². The smallest absolute Gasteiger partial charge is 0.462 e. The Morgan fingerprint density at radius 2 is 0.776 bits per heavy atom. The number of carbonyl (C=O) groups is 2. The summed E-state index contributed by atoms with van der Waals surface area (Å²) in [6.07, 6.45) is 55.5. The molecule has 9 heteroatoms. The van der Waals surface area contributed by atoms with Crippen LogP contribution in [0.1, 0.15) is 232 Å². The first-order valence-corrected chi connectivity index (χ1v) is 25.5. The maximum absolute atomic E-state index is 12.5. The van der Waals surface area contributed by atoms with Crippen LogP contribution in [0.5, 0.6) is 0 Å². The lowest BCUT2D eigenvalue weighted by atomic mass is 10.0. The number of phosphoric ester groups is 1. The molecule has 0 fully saturated rings. The summed E-state index contributed by atoms with van der Waals surface area (Å²) in [4.78, 5) is 43.0. The molecule has 0 saturated carbocycles. The van der Waals surface area contributed by atoms with Gasteiger partial charge in [-0.05, 0) is 57.8 Å². The Bertz CT molecular complexity index is 1080. The van der Waals surface area contributed by atoms with Gasteiger partial charge in [-0.25, -0.2) is 4.57 Å². The first-order valence-electron chi connectivity index (χ1n) is 23.9. The van der Waals surface area contributed by atoms with Gasteiger partial charge in [0.15, 0.2) is 6.10 Å². The molecule has 0 radical (unpaired) electrons. The molecule has 0 aromatic rings. The van der Waals surface area contributed by atoms with Gasteiger partial charge in [0.2, 0.25) is 0 Å². The van der Waals surface area contributed by atoms with Gasteiger partial charge in [-0.2, -0.15) is 0 Å². The third-order valence-corrected chi connectivity index (χ3v) is 10.8. The quantitative estimate of drug-likeness (QED) is 0.0269. The lowest BCUT2D eigenvalue weighted by molar-refractivity contribution is -0.161. The van der Waals surface area contributed by atoms with E-state index in [1.807, 2.05) is 0 Å². The van der Waals surface area contributed by atoms with Gasteiger partial charge in [-0.3, -0.25) is 14.1 Å². The average molecular weight is 837 g/mol. The van der Waals surface area contributed by atoms with Crippen molar-refractivity contribution >= 4 is 19.8 Å². The molecule has 338 valence electrons. The lowest BCUT2D eigenvalue weighted by Crippen LogP contribution is -2.29. The number of unbranched alkanes of at least 4 members (excludes halogenated alkanes) is 26. The minimum atomic E-state index is -4.77. The summed E-state index contributed by atoms with van der Waals surface area (Å²) in [6.45, 7) is 3.66. The van der Waals surface area contributed by atoms with Crippen LogP contribution in [0.2, 0.25) is 0 Å². The summed E-state index contributed by atoms with van der Waals surface area (Å²) in [5.41, 5.74) is 0. The lowest BCUT2D eigenvalue weighted by Gasteiger charge is -2.18. The second-order valence-corrected chi connectivity index (χ2v) is 17.3. The number of phosphoric acid groups is 1. The summed E-state index contributed by atoms with van der Waals surface area (Å²) in [6, 6.07) is 0. The normalized spacial score (nSPS) is 12.8. The number of rotatable bonds is 44. The Labute approximate surface area is 356 Å². The number of hydrogen-bond acceptors (Lipinski definition) is 6. The molecule has 0 bridgehead atoms. The summed E-state index contributed by atoms with van der Waals surface area (Å²) in [5.74, 6) is -0.913. The number of carbonyl (C=O) groups excluding carboxylic acids is 2. The Morgan fingerprint density at radius 1 is 0.448 bits per heavy atom. The third kappa shape index (κ3) is 46.7. The molecule has 0 unspecified atom stereocenters. The van der Waals surface area contributed by atoms with Gasteiger partial charge in [0.05, 0.1) is 6.61 Å². The predicted octanol–water partition coefficient (Wildman–Crippen LogP) is 15.1. The highest BCUT2D eigenvalue weighted by atomic mass is 31.2. The van der Waals surface area contributed by atoms with Gasteiger partial charge in [-0.15, -0.1) is 0 Å². The zero-order valence-electron chi connectivity index (χ0n) is 37.4. The van der Waals surface area contributed by atoms with Crippen LogP contribution in [0.3, 0.4) is 0 Å². The molecule has 2 N–H and O–H groups in total. The Balaban J connectivity index is 3.89. The van der Waals surface area contributed by atoms with E-state index in [2.05, 4.69) is 67.0 Å². The van der Waals surface area contributed by atoms with Crippen molar-refractivity contribution in [1.29, 1.82) is 0 Å². The molecule has 1 atom stereocenters. The minimum Gasteiger partial charge on any atom is -0.462 e. The molecule has 0 rings (SSSR count). The predicted molar refractivity (Wildman–Crippen MR) is 244 cm³/mol. The molecular weight excluding hydrogens is 748 g/mol. The van der Waals surface area contributed by atoms with E-state index in [-0.39, 0.29) is 19.4 Å². The van der Waals surface area contributed by atoms with Crippen LogP contribution >= 0.6 is 7.82 Å². The van der Waals surface area contributed by atoms with Crippen molar-refractivity contribution < 1.29 is 37.9 Å². The van der Waals surface area contributed by atoms with Crippen LogP contribution in [0, 0.1) is 0 Å². The molecule has 8 nitrogen and oxygen atoms in total. The minimum absolute atomic E-state index is 0.207. The number of hydrogen-bond donors (Lipinski definition) is 2. The standard InChI is InChI=1S/C49H89O8P/c1-3-5-7-9-11-13-15-17-19-21-23-24-26-28-30-32-34-36-38-40-42-44-49(51)57-47(46-56-58(52,53)54)45-55-48(50)43-41-39-37-35-33-31-29-27-25-22-20-18-16-14-12-10-8-6-4-2/h12,14,18,20,25,27,31,33,47H,3-11,13,15-17,19,21-24,26,28-30,32,34-46H2,1-2H3,(H2,52,53,54)/b14-12-,20-18-,27-25-,33-31-/t47-/m1/s1. The Morgan fingerprint density at radius 3 is 1.19 bits per heavy atom. The van der Waals surface area contributed by atoms with Crippen LogP contribution in [0.15, 0.2) is 48.6 Å². The molecule has 58 heavy (non-hydrogen) atoms. The first-order chi connectivity index (χ1) is 28.3. The fourth-order valence-electron chi connectivity index (χ4n) is 6.77. The molecule has 0 aliphatic rings. The summed E-state index contributed by atoms with van der Waals surface area (Å²) in [5, 5.41) is 0. The molecular formula is C49H89O8P. The van der Waals surface area contributed by atoms with Gasteiger partial charge in [0.1, 0.15) is 6.61 Å². The van der Waals surface area contributed by atoms with E-state index in [1.54, 1.807) is 0 Å². The highest BCUT2D eigenvalue weighted by Gasteiger charge is 2.23. The fourth-order valence-corrected chi connectivity index (χ4v) is 7.13. The van der Waals surface area contributed by atoms with E-state index in [0.717, 1.165) is 57.8 Å². The molecule has 0 aliphatic carbocycles. The number of ether oxygens (including phenoxy) is 2. The largest absolute Gasteiger partial charge is 0.469 e. The second-order valence-electron chi connectivity index (χ2n) is 16.1. The molecule has 0 amide bonds. The van der Waals surface area contributed by atoms with Gasteiger partial charge in [-0.1, -0.05) is 210 Å². The van der Waals surface area contributed by atoms with Crippen molar-refractivity contribution in [1.82, 2.24) is 0 Å². The molecule has 0 saturated heterocycles. The molecule has 0 aromatic heterocycles. The van der Waals surface area contributed by atoms with Crippen LogP contribution in [-0.2, 0) is 28.2 Å². The Kier molecular flexibility index (Phi) is 43.0. The highest BCUT2D eigenvalue weighted by Crippen LogP contribution is 2.36. The van der Waals surface area contributed by atoms with Gasteiger partial charge in [0, 0.05) is 12.8 Å². The van der Waals surface area contributed by atoms with E-state index in [1.165, 1.54) is 135 Å². The van der Waals surface area contributed by atoms with Crippen molar-refractivity contribution in [2.45, 2.75) is 238 Å². The molecule has 0 aliphatic heterocycles. The first kappa shape index (κ1) is 56.0. The summed E-state index contributed by atoms with van der Waals surface area (Å²) >= 11 is 0. The Hall–Kier alpha value is -1.99. The van der Waals surface area contributed by atoms with Crippen LogP contribution in [-0.4, -0.2) is 41.0 Å². The van der Waals surface area contributed by atoms with Crippen molar-refractivity contribution in [3.8, 4) is 0 Å². The van der Waals surface area contributed by atoms with E-state index >= 15 is 0 Å². The zero-order valence-corrected chi connectivity index (χ0v) is 38.3. The maximum atomic E-state index is 12.5. The van der Waals surface area contributed by atoms with E-state index < -0.39 is 32.5 Å². The maximum Gasteiger partial charge on any atom is 0.469 e. The monoisotopic (exact) mass is 837 g/mol. The number of allylic oxidation sites excluding steroid dienone is 8. The molecule has 0 spiro atoms. The van der Waals surface area contributed by atoms with Crippen molar-refractivity contribution in [3.63, 3.8) is 0 Å². The third-order valence-electron chi connectivity index (χ3n) is 10.4. The summed E-state index contributed by atoms with van der Waals surface area (Å²) < 4.78 is 26.5. The molecule has 0 aromatic carbocycles. The molecule has 0 heterocycles. The zero-order chi connectivity index (χ0) is 42.5. The van der Waals surface area contributed by atoms with E-state index in [9.17, 15) is 14.2 Å². The van der Waals surface area contributed by atoms with Crippen LogP contribution in [0.4, 0.5) is 0 Å². The van der Waals surface area contributed by atoms with Gasteiger partial charge >= 0.3 is 19.8 Å². The number of esters is 2. The van der Waals surface area contributed by atoms with Gasteiger partial charge < -0.3 is 19.3 Å². The van der Waals surface area contributed by atoms with Gasteiger partial charge in [0.25, 0.3) is 0 Å². The van der Waals surface area contributed by atoms with Crippen molar-refractivity contribution in [2.75, 3.05) is 13.2 Å². The highest BCUT2D eigenvalue weighted by molar-refractivity contribution is 7.46. The van der Waals surface area contributed by atoms with E-state index in [4.69, 9.17) is 19.3 Å². The second kappa shape index (κ2) is 44.6. The van der Waals surface area contributed by atoms with E-state index in [0.29, 0.717) is 12.8 Å². The topological polar surface area (TPSA) is 119 Å². The van der Waals surface area contributed by atoms with Crippen LogP contribution < -0.4 is 0 Å². The fraction of sp³-hybridized carbons (Fsp3) is 0.796. The summed E-state index contributed by atoms with van der Waals surface area (Å²) in [7, 11) is -4.77. The SMILES string of the molecule is CCCCC/C=C\C/C=C\C/C=C\C/C=C\CCCCCC(=O)OC[C@H](COP(=O)(O)O)OC(=O)CCCCCCCCCCCCCCCCCCCCCCC. The van der Waals surface area contributed by atoms with Crippen molar-refractivity contribution in [2.24, 2.45) is 0 Å². The van der Waals surface area contributed by atoms with Crippen LogP contribution in [0.25, 0.3) is 0 Å².